The molecule has 0 atom stereocenters. The summed E-state index contributed by atoms with van der Waals surface area (Å²) >= 11 is 0. The van der Waals surface area contributed by atoms with Crippen LogP contribution in [0.1, 0.15) is 26.7 Å². The van der Waals surface area contributed by atoms with E-state index in [1.165, 1.54) is 16.8 Å². The SMILES string of the molecule is C/C=C\C=C(\C1=C(C)C=CCC1)N(C)C. The normalized spacial score (nSPS) is 17.7. The lowest BCUT2D eigenvalue weighted by atomic mass is 9.95. The van der Waals surface area contributed by atoms with Crippen LogP contribution in [0.25, 0.3) is 0 Å². The molecule has 0 aromatic rings. The van der Waals surface area contributed by atoms with Crippen molar-refractivity contribution >= 4 is 0 Å². The largest absolute Gasteiger partial charge is 0.377 e. The molecule has 0 bridgehead atoms. The molecule has 0 radical (unpaired) electrons. The number of rotatable bonds is 3. The number of hydrogen-bond donors (Lipinski definition) is 0. The molecule has 0 heterocycles. The summed E-state index contributed by atoms with van der Waals surface area (Å²) < 4.78 is 0. The van der Waals surface area contributed by atoms with Gasteiger partial charge in [0, 0.05) is 19.8 Å². The lowest BCUT2D eigenvalue weighted by Crippen LogP contribution is -2.14. The molecule has 15 heavy (non-hydrogen) atoms. The van der Waals surface area contributed by atoms with Gasteiger partial charge in [-0.05, 0) is 43.9 Å². The second kappa shape index (κ2) is 5.59. The second-order valence-electron chi connectivity index (χ2n) is 4.07. The van der Waals surface area contributed by atoms with E-state index >= 15 is 0 Å². The average Bonchev–Trinajstić information content (AvgIpc) is 2.20. The molecule has 0 unspecified atom stereocenters. The fraction of sp³-hybridized carbons (Fsp3) is 0.429. The zero-order chi connectivity index (χ0) is 11.3. The topological polar surface area (TPSA) is 3.24 Å². The highest BCUT2D eigenvalue weighted by molar-refractivity contribution is 5.41. The van der Waals surface area contributed by atoms with Crippen LogP contribution in [0, 0.1) is 0 Å². The fourth-order valence-electron chi connectivity index (χ4n) is 1.82. The number of likely N-dealkylation sites (N-methyl/N-ethyl adjacent to an activating group) is 1. The summed E-state index contributed by atoms with van der Waals surface area (Å²) in [6, 6.07) is 0. The van der Waals surface area contributed by atoms with Gasteiger partial charge in [-0.2, -0.15) is 0 Å². The van der Waals surface area contributed by atoms with Gasteiger partial charge in [-0.1, -0.05) is 24.3 Å². The van der Waals surface area contributed by atoms with Gasteiger partial charge in [0.15, 0.2) is 0 Å². The summed E-state index contributed by atoms with van der Waals surface area (Å²) in [7, 11) is 4.21. The Balaban J connectivity index is 3.04. The highest BCUT2D eigenvalue weighted by Gasteiger charge is 2.11. The fourth-order valence-corrected chi connectivity index (χ4v) is 1.82. The van der Waals surface area contributed by atoms with Crippen molar-refractivity contribution in [2.45, 2.75) is 26.7 Å². The van der Waals surface area contributed by atoms with Crippen molar-refractivity contribution in [1.82, 2.24) is 4.90 Å². The molecule has 0 aromatic heterocycles. The van der Waals surface area contributed by atoms with Crippen LogP contribution in [-0.2, 0) is 0 Å². The first-order valence-electron chi connectivity index (χ1n) is 5.53. The Bertz CT molecular complexity index is 327. The highest BCUT2D eigenvalue weighted by Crippen LogP contribution is 2.26. The van der Waals surface area contributed by atoms with E-state index in [1.807, 2.05) is 6.92 Å². The van der Waals surface area contributed by atoms with E-state index < -0.39 is 0 Å². The van der Waals surface area contributed by atoms with E-state index in [4.69, 9.17) is 0 Å². The summed E-state index contributed by atoms with van der Waals surface area (Å²) in [6.45, 7) is 4.24. The van der Waals surface area contributed by atoms with Crippen molar-refractivity contribution in [3.05, 3.63) is 47.2 Å². The molecule has 0 saturated heterocycles. The number of allylic oxidation sites excluding steroid dienone is 7. The first kappa shape index (κ1) is 11.8. The van der Waals surface area contributed by atoms with Crippen molar-refractivity contribution in [2.75, 3.05) is 14.1 Å². The Labute approximate surface area is 93.5 Å². The third kappa shape index (κ3) is 3.12. The predicted molar refractivity (Wildman–Crippen MR) is 67.7 cm³/mol. The van der Waals surface area contributed by atoms with Crippen molar-refractivity contribution < 1.29 is 0 Å². The lowest BCUT2D eigenvalue weighted by molar-refractivity contribution is 0.515. The molecular weight excluding hydrogens is 182 g/mol. The van der Waals surface area contributed by atoms with E-state index in [2.05, 4.69) is 56.3 Å². The van der Waals surface area contributed by atoms with Gasteiger partial charge in [0.1, 0.15) is 0 Å². The van der Waals surface area contributed by atoms with Gasteiger partial charge in [0.25, 0.3) is 0 Å². The maximum atomic E-state index is 2.25. The Hall–Kier alpha value is -1.24. The zero-order valence-corrected chi connectivity index (χ0v) is 10.2. The molecule has 1 rings (SSSR count). The first-order valence-corrected chi connectivity index (χ1v) is 5.53. The molecule has 0 saturated carbocycles. The van der Waals surface area contributed by atoms with Crippen molar-refractivity contribution in [3.63, 3.8) is 0 Å². The van der Waals surface area contributed by atoms with E-state index in [0.29, 0.717) is 0 Å². The van der Waals surface area contributed by atoms with Crippen LogP contribution in [0.15, 0.2) is 47.2 Å². The number of nitrogens with zero attached hydrogens (tertiary/aromatic N) is 1. The number of hydrogen-bond acceptors (Lipinski definition) is 1. The molecule has 0 aliphatic heterocycles. The summed E-state index contributed by atoms with van der Waals surface area (Å²) in [4.78, 5) is 2.19. The maximum Gasteiger partial charge on any atom is 0.0396 e. The predicted octanol–water partition coefficient (Wildman–Crippen LogP) is 3.67. The van der Waals surface area contributed by atoms with Gasteiger partial charge in [0.2, 0.25) is 0 Å². The minimum atomic E-state index is 1.16. The maximum absolute atomic E-state index is 2.25. The van der Waals surface area contributed by atoms with Crippen LogP contribution in [0.4, 0.5) is 0 Å². The molecule has 1 nitrogen and oxygen atoms in total. The minimum Gasteiger partial charge on any atom is -0.377 e. The van der Waals surface area contributed by atoms with Crippen molar-refractivity contribution in [3.8, 4) is 0 Å². The van der Waals surface area contributed by atoms with Gasteiger partial charge in [-0.15, -0.1) is 0 Å². The molecule has 0 amide bonds. The molecule has 0 N–H and O–H groups in total. The molecule has 1 aliphatic rings. The third-order valence-electron chi connectivity index (χ3n) is 2.64. The summed E-state index contributed by atoms with van der Waals surface area (Å²) in [5.74, 6) is 0. The van der Waals surface area contributed by atoms with Gasteiger partial charge in [0.05, 0.1) is 0 Å². The van der Waals surface area contributed by atoms with Crippen molar-refractivity contribution in [1.29, 1.82) is 0 Å². The van der Waals surface area contributed by atoms with Gasteiger partial charge < -0.3 is 4.90 Å². The smallest absolute Gasteiger partial charge is 0.0396 e. The third-order valence-corrected chi connectivity index (χ3v) is 2.64. The molecule has 0 aromatic carbocycles. The van der Waals surface area contributed by atoms with E-state index in [0.717, 1.165) is 12.8 Å². The standard InChI is InChI=1S/C14H21N/c1-5-6-11-14(15(3)4)13-10-8-7-9-12(13)2/h5-7,9,11H,8,10H2,1-4H3/b6-5-,14-11-. The molecule has 1 heteroatoms. The molecule has 0 fully saturated rings. The molecule has 82 valence electrons. The summed E-state index contributed by atoms with van der Waals surface area (Å²) in [5, 5.41) is 0. The molecule has 0 spiro atoms. The summed E-state index contributed by atoms with van der Waals surface area (Å²) in [5.41, 5.74) is 4.20. The molecule has 1 aliphatic carbocycles. The lowest BCUT2D eigenvalue weighted by Gasteiger charge is -2.23. The first-order chi connectivity index (χ1) is 7.16. The average molecular weight is 203 g/mol. The van der Waals surface area contributed by atoms with Crippen LogP contribution < -0.4 is 0 Å². The Morgan fingerprint density at radius 3 is 2.67 bits per heavy atom. The van der Waals surface area contributed by atoms with Crippen LogP contribution in [0.5, 0.6) is 0 Å². The van der Waals surface area contributed by atoms with E-state index in [-0.39, 0.29) is 0 Å². The van der Waals surface area contributed by atoms with Crippen molar-refractivity contribution in [2.24, 2.45) is 0 Å². The monoisotopic (exact) mass is 203 g/mol. The second-order valence-corrected chi connectivity index (χ2v) is 4.07. The van der Waals surface area contributed by atoms with Gasteiger partial charge in [-0.3, -0.25) is 0 Å². The van der Waals surface area contributed by atoms with Gasteiger partial charge in [-0.25, -0.2) is 0 Å². The Morgan fingerprint density at radius 1 is 1.40 bits per heavy atom. The Kier molecular flexibility index (Phi) is 4.41. The minimum absolute atomic E-state index is 1.16. The quantitative estimate of drug-likeness (QED) is 0.632. The highest BCUT2D eigenvalue weighted by atomic mass is 15.1. The zero-order valence-electron chi connectivity index (χ0n) is 10.2. The Morgan fingerprint density at radius 2 is 2.13 bits per heavy atom. The molecular formula is C14H21N. The van der Waals surface area contributed by atoms with Crippen LogP contribution in [0.3, 0.4) is 0 Å². The van der Waals surface area contributed by atoms with E-state index in [1.54, 1.807) is 0 Å². The van der Waals surface area contributed by atoms with Crippen LogP contribution >= 0.6 is 0 Å². The summed E-state index contributed by atoms with van der Waals surface area (Å²) in [6.07, 6.45) is 13.2. The van der Waals surface area contributed by atoms with Crippen LogP contribution in [-0.4, -0.2) is 19.0 Å². The van der Waals surface area contributed by atoms with Crippen LogP contribution in [0.2, 0.25) is 0 Å². The van der Waals surface area contributed by atoms with E-state index in [9.17, 15) is 0 Å². The van der Waals surface area contributed by atoms with Gasteiger partial charge >= 0.3 is 0 Å².